The van der Waals surface area contributed by atoms with E-state index in [-0.39, 0.29) is 17.0 Å². The third kappa shape index (κ3) is 3.59. The number of halogens is 1. The summed E-state index contributed by atoms with van der Waals surface area (Å²) in [4.78, 5) is 0.237. The Bertz CT molecular complexity index is 604. The number of benzene rings is 1. The van der Waals surface area contributed by atoms with Crippen LogP contribution >= 0.6 is 15.9 Å². The summed E-state index contributed by atoms with van der Waals surface area (Å²) >= 11 is 3.33. The number of rotatable bonds is 4. The summed E-state index contributed by atoms with van der Waals surface area (Å²) < 4.78 is 33.2. The molecule has 2 unspecified atom stereocenters. The van der Waals surface area contributed by atoms with Crippen molar-refractivity contribution in [3.05, 3.63) is 22.7 Å². The lowest BCUT2D eigenvalue weighted by molar-refractivity contribution is 0.227. The van der Waals surface area contributed by atoms with Crippen LogP contribution in [0.4, 0.5) is 0 Å². The molecule has 1 aliphatic rings. The predicted molar refractivity (Wildman–Crippen MR) is 85.9 cm³/mol. The van der Waals surface area contributed by atoms with Crippen LogP contribution in [-0.4, -0.2) is 38.5 Å². The Morgan fingerprint density at radius 1 is 1.38 bits per heavy atom. The fraction of sp³-hybridized carbons (Fsp3) is 0.571. The van der Waals surface area contributed by atoms with E-state index < -0.39 is 10.0 Å². The van der Waals surface area contributed by atoms with Crippen molar-refractivity contribution in [3.63, 3.8) is 0 Å². The molecule has 2 atom stereocenters. The van der Waals surface area contributed by atoms with Crippen LogP contribution < -0.4 is 10.5 Å². The van der Waals surface area contributed by atoms with Crippen molar-refractivity contribution in [1.29, 1.82) is 0 Å². The van der Waals surface area contributed by atoms with Crippen molar-refractivity contribution in [2.45, 2.75) is 43.2 Å². The Hall–Kier alpha value is -0.630. The topological polar surface area (TPSA) is 72.6 Å². The summed E-state index contributed by atoms with van der Waals surface area (Å²) in [5, 5.41) is 0. The summed E-state index contributed by atoms with van der Waals surface area (Å²) in [6.07, 6.45) is 2.69. The molecule has 0 bridgehead atoms. The lowest BCUT2D eigenvalue weighted by Gasteiger charge is -2.36. The zero-order valence-electron chi connectivity index (χ0n) is 12.3. The van der Waals surface area contributed by atoms with E-state index in [1.54, 1.807) is 22.5 Å². The molecule has 1 heterocycles. The van der Waals surface area contributed by atoms with E-state index in [0.717, 1.165) is 19.3 Å². The van der Waals surface area contributed by atoms with Crippen molar-refractivity contribution < 1.29 is 13.2 Å². The molecule has 1 aromatic carbocycles. The Kier molecular flexibility index (Phi) is 5.29. The normalized spacial score (nSPS) is 22.0. The minimum absolute atomic E-state index is 0.145. The monoisotopic (exact) mass is 376 g/mol. The fourth-order valence-corrected chi connectivity index (χ4v) is 5.15. The quantitative estimate of drug-likeness (QED) is 0.874. The molecule has 7 heteroatoms. The molecule has 0 aromatic heterocycles. The average Bonchev–Trinajstić information content (AvgIpc) is 2.46. The zero-order chi connectivity index (χ0) is 15.6. The molecule has 0 saturated carbocycles. The second-order valence-corrected chi connectivity index (χ2v) is 8.17. The van der Waals surface area contributed by atoms with Crippen LogP contribution in [0.5, 0.6) is 5.75 Å². The Balaban J connectivity index is 2.42. The Morgan fingerprint density at radius 2 is 2.10 bits per heavy atom. The number of hydrogen-bond acceptors (Lipinski definition) is 4. The first kappa shape index (κ1) is 16.7. The number of ether oxygens (including phenoxy) is 1. The van der Waals surface area contributed by atoms with Crippen LogP contribution in [0.15, 0.2) is 27.6 Å². The van der Waals surface area contributed by atoms with Gasteiger partial charge >= 0.3 is 0 Å². The largest absolute Gasteiger partial charge is 0.497 e. The predicted octanol–water partition coefficient (Wildman–Crippen LogP) is 2.35. The molecule has 0 aliphatic carbocycles. The molecular weight excluding hydrogens is 356 g/mol. The summed E-state index contributed by atoms with van der Waals surface area (Å²) in [6.45, 7) is 2.38. The SMILES string of the molecule is COc1cc(Br)cc(S(=O)(=O)N2CCCCC2C(C)N)c1. The van der Waals surface area contributed by atoms with Crippen LogP contribution in [0.25, 0.3) is 0 Å². The van der Waals surface area contributed by atoms with Crippen LogP contribution in [-0.2, 0) is 10.0 Å². The van der Waals surface area contributed by atoms with E-state index in [1.165, 1.54) is 7.11 Å². The minimum atomic E-state index is -3.57. The molecule has 0 spiro atoms. The maximum absolute atomic E-state index is 12.9. The zero-order valence-corrected chi connectivity index (χ0v) is 14.7. The molecule has 1 fully saturated rings. The van der Waals surface area contributed by atoms with Gasteiger partial charge in [0.2, 0.25) is 10.0 Å². The third-order valence-corrected chi connectivity index (χ3v) is 6.15. The number of piperidine rings is 1. The van der Waals surface area contributed by atoms with Gasteiger partial charge in [-0.1, -0.05) is 22.4 Å². The molecule has 21 heavy (non-hydrogen) atoms. The van der Waals surface area contributed by atoms with Crippen molar-refractivity contribution in [2.75, 3.05) is 13.7 Å². The molecule has 118 valence electrons. The Morgan fingerprint density at radius 3 is 2.71 bits per heavy atom. The molecule has 1 aliphatic heterocycles. The maximum atomic E-state index is 12.9. The lowest BCUT2D eigenvalue weighted by atomic mass is 10.00. The summed E-state index contributed by atoms with van der Waals surface area (Å²) in [7, 11) is -2.05. The van der Waals surface area contributed by atoms with E-state index >= 15 is 0 Å². The molecule has 1 saturated heterocycles. The second kappa shape index (κ2) is 6.64. The number of hydrogen-bond donors (Lipinski definition) is 1. The van der Waals surface area contributed by atoms with Crippen LogP contribution in [0.2, 0.25) is 0 Å². The van der Waals surface area contributed by atoms with Gasteiger partial charge in [0.15, 0.2) is 0 Å². The third-order valence-electron chi connectivity index (χ3n) is 3.79. The summed E-state index contributed by atoms with van der Waals surface area (Å²) in [5.74, 6) is 0.511. The minimum Gasteiger partial charge on any atom is -0.497 e. The van der Waals surface area contributed by atoms with Crippen LogP contribution in [0.3, 0.4) is 0 Å². The van der Waals surface area contributed by atoms with E-state index in [2.05, 4.69) is 15.9 Å². The molecule has 2 rings (SSSR count). The van der Waals surface area contributed by atoms with E-state index in [1.807, 2.05) is 6.92 Å². The molecular formula is C14H21BrN2O3S. The van der Waals surface area contributed by atoms with E-state index in [0.29, 0.717) is 16.8 Å². The smallest absolute Gasteiger partial charge is 0.243 e. The lowest BCUT2D eigenvalue weighted by Crippen LogP contribution is -2.51. The number of nitrogens with two attached hydrogens (primary N) is 1. The van der Waals surface area contributed by atoms with Gasteiger partial charge in [-0.2, -0.15) is 4.31 Å². The molecule has 2 N–H and O–H groups in total. The van der Waals surface area contributed by atoms with Crippen molar-refractivity contribution >= 4 is 26.0 Å². The van der Waals surface area contributed by atoms with Crippen molar-refractivity contribution in [3.8, 4) is 5.75 Å². The number of nitrogens with zero attached hydrogens (tertiary/aromatic N) is 1. The van der Waals surface area contributed by atoms with Crippen molar-refractivity contribution in [1.82, 2.24) is 4.31 Å². The highest BCUT2D eigenvalue weighted by atomic mass is 79.9. The second-order valence-electron chi connectivity index (χ2n) is 5.36. The molecule has 0 radical (unpaired) electrons. The molecule has 1 aromatic rings. The first-order chi connectivity index (χ1) is 9.86. The maximum Gasteiger partial charge on any atom is 0.243 e. The molecule has 5 nitrogen and oxygen atoms in total. The van der Waals surface area contributed by atoms with Gasteiger partial charge in [0.25, 0.3) is 0 Å². The van der Waals surface area contributed by atoms with Gasteiger partial charge in [-0.3, -0.25) is 0 Å². The average molecular weight is 377 g/mol. The van der Waals surface area contributed by atoms with Gasteiger partial charge in [-0.25, -0.2) is 8.42 Å². The van der Waals surface area contributed by atoms with Gasteiger partial charge < -0.3 is 10.5 Å². The van der Waals surface area contributed by atoms with Gasteiger partial charge in [-0.15, -0.1) is 0 Å². The standard InChI is InChI=1S/C14H21BrN2O3S/c1-10(16)14-5-3-4-6-17(14)21(18,19)13-8-11(15)7-12(9-13)20-2/h7-10,14H,3-6,16H2,1-2H3. The van der Waals surface area contributed by atoms with Crippen LogP contribution in [0.1, 0.15) is 26.2 Å². The first-order valence-corrected chi connectivity index (χ1v) is 9.21. The molecule has 0 amide bonds. The van der Waals surface area contributed by atoms with E-state index in [4.69, 9.17) is 10.5 Å². The van der Waals surface area contributed by atoms with Gasteiger partial charge in [0.05, 0.1) is 12.0 Å². The van der Waals surface area contributed by atoms with Gasteiger partial charge in [-0.05, 0) is 31.9 Å². The van der Waals surface area contributed by atoms with Crippen LogP contribution in [0, 0.1) is 0 Å². The highest BCUT2D eigenvalue weighted by molar-refractivity contribution is 9.10. The summed E-state index contributed by atoms with van der Waals surface area (Å²) in [6, 6.07) is 4.55. The number of methoxy groups -OCH3 is 1. The van der Waals surface area contributed by atoms with Gasteiger partial charge in [0, 0.05) is 29.2 Å². The van der Waals surface area contributed by atoms with Gasteiger partial charge in [0.1, 0.15) is 5.75 Å². The highest BCUT2D eigenvalue weighted by Gasteiger charge is 2.35. The highest BCUT2D eigenvalue weighted by Crippen LogP contribution is 2.30. The Labute approximate surface area is 134 Å². The fourth-order valence-electron chi connectivity index (χ4n) is 2.69. The summed E-state index contributed by atoms with van der Waals surface area (Å²) in [5.41, 5.74) is 5.98. The number of sulfonamides is 1. The first-order valence-electron chi connectivity index (χ1n) is 6.98. The van der Waals surface area contributed by atoms with E-state index in [9.17, 15) is 8.42 Å². The van der Waals surface area contributed by atoms with Crippen molar-refractivity contribution in [2.24, 2.45) is 5.73 Å².